The van der Waals surface area contributed by atoms with Gasteiger partial charge in [0.05, 0.1) is 10.9 Å². The van der Waals surface area contributed by atoms with Crippen molar-refractivity contribution in [2.24, 2.45) is 0 Å². The van der Waals surface area contributed by atoms with E-state index in [1.807, 2.05) is 0 Å². The molecule has 0 radical (unpaired) electrons. The van der Waals surface area contributed by atoms with Crippen LogP contribution in [0.15, 0.2) is 22.3 Å². The van der Waals surface area contributed by atoms with Gasteiger partial charge in [-0.3, -0.25) is 9.78 Å². The normalized spacial score (nSPS) is 12.0. The number of H-pyrrole nitrogens is 2. The van der Waals surface area contributed by atoms with Crippen LogP contribution in [0.2, 0.25) is 0 Å². The summed E-state index contributed by atoms with van der Waals surface area (Å²) >= 11 is 1.32. The van der Waals surface area contributed by atoms with E-state index < -0.39 is 29.3 Å². The van der Waals surface area contributed by atoms with Gasteiger partial charge in [0.25, 0.3) is 11.8 Å². The number of rotatable bonds is 4. The lowest BCUT2D eigenvalue weighted by Gasteiger charge is -2.12. The average molecular weight is 348 g/mol. The maximum Gasteiger partial charge on any atom is 0.340 e. The highest BCUT2D eigenvalue weighted by Gasteiger charge is 2.23. The third-order valence-electron chi connectivity index (χ3n) is 3.10. The lowest BCUT2D eigenvalue weighted by Crippen LogP contribution is -2.28. The number of aromatic nitrogens is 5. The summed E-state index contributed by atoms with van der Waals surface area (Å²) in [5.74, 6) is -1.84. The van der Waals surface area contributed by atoms with Crippen LogP contribution in [0.3, 0.4) is 0 Å². The van der Waals surface area contributed by atoms with Gasteiger partial charge in [0, 0.05) is 0 Å². The quantitative estimate of drug-likeness (QED) is 0.460. The minimum Gasteiger partial charge on any atom is -0.501 e. The minimum absolute atomic E-state index is 0.117. The molecule has 0 aliphatic carbocycles. The second kappa shape index (κ2) is 6.12. The lowest BCUT2D eigenvalue weighted by atomic mass is 10.2. The Morgan fingerprint density at radius 3 is 2.79 bits per heavy atom. The monoisotopic (exact) mass is 348 g/mol. The first-order valence-electron chi connectivity index (χ1n) is 6.75. The molecule has 0 bridgehead atoms. The maximum atomic E-state index is 12.3. The van der Waals surface area contributed by atoms with Gasteiger partial charge in [-0.05, 0) is 18.4 Å². The Labute approximate surface area is 138 Å². The maximum absolute atomic E-state index is 12.3. The van der Waals surface area contributed by atoms with Crippen molar-refractivity contribution in [3.63, 3.8) is 0 Å². The molecule has 0 aromatic carbocycles. The van der Waals surface area contributed by atoms with Crippen LogP contribution in [0.5, 0.6) is 11.6 Å². The Bertz CT molecular complexity index is 932. The van der Waals surface area contributed by atoms with E-state index in [0.717, 1.165) is 0 Å². The number of hydrogen-bond donors (Lipinski definition) is 5. The Morgan fingerprint density at radius 1 is 1.38 bits per heavy atom. The van der Waals surface area contributed by atoms with Crippen LogP contribution < -0.4 is 11.0 Å². The molecular formula is C13H12N6O4S. The first kappa shape index (κ1) is 15.7. The van der Waals surface area contributed by atoms with Gasteiger partial charge >= 0.3 is 5.69 Å². The predicted molar refractivity (Wildman–Crippen MR) is 83.8 cm³/mol. The molecule has 3 aromatic rings. The number of nitrogens with zero attached hydrogens (tertiary/aromatic N) is 3. The van der Waals surface area contributed by atoms with Gasteiger partial charge in [0.2, 0.25) is 5.75 Å². The molecule has 11 heteroatoms. The predicted octanol–water partition coefficient (Wildman–Crippen LogP) is 0.519. The van der Waals surface area contributed by atoms with Gasteiger partial charge < -0.3 is 15.5 Å². The Hall–Kier alpha value is -3.21. The molecule has 1 unspecified atom stereocenters. The Morgan fingerprint density at radius 2 is 2.17 bits per heavy atom. The summed E-state index contributed by atoms with van der Waals surface area (Å²) in [4.78, 5) is 34.2. The van der Waals surface area contributed by atoms with Crippen molar-refractivity contribution in [2.75, 3.05) is 0 Å². The SMILES string of the molecule is CC(NC(=O)c1nc(-c2cccs2)nc(O)c1O)c1n[nH]c(=O)[nH]1. The standard InChI is InChI=1S/C13H12N6O4S/c1-5(9-17-13(23)19-18-9)14-11(21)7-8(20)12(22)16-10(15-7)6-3-2-4-24-6/h2-5,20H,1H3,(H,14,21)(H,15,16,22)(H2,17,18,19,23). The molecule has 0 fully saturated rings. The van der Waals surface area contributed by atoms with Gasteiger partial charge in [-0.1, -0.05) is 6.07 Å². The molecule has 0 aliphatic rings. The number of amides is 1. The summed E-state index contributed by atoms with van der Waals surface area (Å²) in [6, 6.07) is 2.83. The highest BCUT2D eigenvalue weighted by atomic mass is 32.1. The topological polar surface area (TPSA) is 157 Å². The minimum atomic E-state index is -0.751. The summed E-state index contributed by atoms with van der Waals surface area (Å²) in [6.07, 6.45) is 0. The molecule has 0 saturated heterocycles. The Balaban J connectivity index is 1.90. The first-order chi connectivity index (χ1) is 11.5. The van der Waals surface area contributed by atoms with E-state index in [4.69, 9.17) is 0 Å². The molecule has 1 atom stereocenters. The van der Waals surface area contributed by atoms with E-state index >= 15 is 0 Å². The number of aromatic hydroxyl groups is 2. The van der Waals surface area contributed by atoms with E-state index in [2.05, 4.69) is 30.5 Å². The molecule has 3 aromatic heterocycles. The lowest BCUT2D eigenvalue weighted by molar-refractivity contribution is 0.0929. The second-order valence-electron chi connectivity index (χ2n) is 4.80. The second-order valence-corrected chi connectivity index (χ2v) is 5.75. The summed E-state index contributed by atoms with van der Waals surface area (Å²) in [5, 5.41) is 29.8. The van der Waals surface area contributed by atoms with Crippen LogP contribution in [0, 0.1) is 0 Å². The number of carbonyl (C=O) groups excluding carboxylic acids is 1. The van der Waals surface area contributed by atoms with E-state index in [-0.39, 0.29) is 17.3 Å². The highest BCUT2D eigenvalue weighted by Crippen LogP contribution is 2.30. The van der Waals surface area contributed by atoms with Crippen LogP contribution in [-0.4, -0.2) is 41.3 Å². The van der Waals surface area contributed by atoms with Crippen LogP contribution >= 0.6 is 11.3 Å². The van der Waals surface area contributed by atoms with Crippen molar-refractivity contribution in [3.05, 3.63) is 39.5 Å². The fourth-order valence-corrected chi connectivity index (χ4v) is 2.60. The summed E-state index contributed by atoms with van der Waals surface area (Å²) in [6.45, 7) is 1.59. The van der Waals surface area contributed by atoms with E-state index in [1.165, 1.54) is 11.3 Å². The van der Waals surface area contributed by atoms with Crippen LogP contribution in [0.25, 0.3) is 10.7 Å². The van der Waals surface area contributed by atoms with Crippen molar-refractivity contribution in [2.45, 2.75) is 13.0 Å². The van der Waals surface area contributed by atoms with Gasteiger partial charge in [0.15, 0.2) is 17.3 Å². The van der Waals surface area contributed by atoms with E-state index in [1.54, 1.807) is 24.4 Å². The van der Waals surface area contributed by atoms with Gasteiger partial charge in [-0.25, -0.2) is 14.9 Å². The molecule has 0 spiro atoms. The average Bonchev–Trinajstić information content (AvgIpc) is 3.21. The van der Waals surface area contributed by atoms with Gasteiger partial charge in [-0.15, -0.1) is 11.3 Å². The molecule has 5 N–H and O–H groups in total. The van der Waals surface area contributed by atoms with E-state index in [0.29, 0.717) is 4.88 Å². The number of aromatic amines is 2. The third kappa shape index (κ3) is 2.96. The molecule has 3 rings (SSSR count). The summed E-state index contributed by atoms with van der Waals surface area (Å²) < 4.78 is 0. The summed E-state index contributed by atoms with van der Waals surface area (Å²) in [5.41, 5.74) is -0.885. The number of hydrogen-bond acceptors (Lipinski definition) is 8. The van der Waals surface area contributed by atoms with Crippen molar-refractivity contribution in [1.29, 1.82) is 0 Å². The van der Waals surface area contributed by atoms with Crippen molar-refractivity contribution in [3.8, 4) is 22.3 Å². The molecule has 0 aliphatic heterocycles. The molecule has 10 nitrogen and oxygen atoms in total. The van der Waals surface area contributed by atoms with Crippen molar-refractivity contribution < 1.29 is 15.0 Å². The summed E-state index contributed by atoms with van der Waals surface area (Å²) in [7, 11) is 0. The fraction of sp³-hybridized carbons (Fsp3) is 0.154. The van der Waals surface area contributed by atoms with Crippen LogP contribution in [0.4, 0.5) is 0 Å². The Kier molecular flexibility index (Phi) is 4.00. The third-order valence-corrected chi connectivity index (χ3v) is 3.97. The number of carbonyl (C=O) groups is 1. The fourth-order valence-electron chi connectivity index (χ4n) is 1.94. The molecule has 0 saturated carbocycles. The molecule has 1 amide bonds. The van der Waals surface area contributed by atoms with Crippen LogP contribution in [-0.2, 0) is 0 Å². The van der Waals surface area contributed by atoms with E-state index in [9.17, 15) is 19.8 Å². The van der Waals surface area contributed by atoms with Crippen molar-refractivity contribution >= 4 is 17.2 Å². The van der Waals surface area contributed by atoms with Gasteiger partial charge in [0.1, 0.15) is 0 Å². The highest BCUT2D eigenvalue weighted by molar-refractivity contribution is 7.13. The molecule has 24 heavy (non-hydrogen) atoms. The largest absolute Gasteiger partial charge is 0.501 e. The van der Waals surface area contributed by atoms with Crippen LogP contribution in [0.1, 0.15) is 29.3 Å². The smallest absolute Gasteiger partial charge is 0.340 e. The van der Waals surface area contributed by atoms with Gasteiger partial charge in [-0.2, -0.15) is 10.1 Å². The number of thiophene rings is 1. The number of nitrogens with one attached hydrogen (secondary N) is 3. The zero-order chi connectivity index (χ0) is 17.3. The molecule has 124 valence electrons. The zero-order valence-electron chi connectivity index (χ0n) is 12.3. The zero-order valence-corrected chi connectivity index (χ0v) is 13.1. The van der Waals surface area contributed by atoms with Crippen molar-refractivity contribution in [1.82, 2.24) is 30.5 Å². The first-order valence-corrected chi connectivity index (χ1v) is 7.63. The molecule has 3 heterocycles. The molecular weight excluding hydrogens is 336 g/mol.